The molecular formula is C24H33N3O2. The highest BCUT2D eigenvalue weighted by Crippen LogP contribution is 2.23. The molecule has 0 spiro atoms. The van der Waals surface area contributed by atoms with Gasteiger partial charge in [-0.05, 0) is 62.5 Å². The van der Waals surface area contributed by atoms with Gasteiger partial charge in [-0.25, -0.2) is 4.79 Å². The molecule has 0 radical (unpaired) electrons. The van der Waals surface area contributed by atoms with E-state index in [2.05, 4.69) is 46.6 Å². The number of benzene rings is 2. The maximum atomic E-state index is 12.7. The van der Waals surface area contributed by atoms with Gasteiger partial charge in [-0.1, -0.05) is 42.5 Å². The molecule has 1 saturated heterocycles. The molecule has 1 atom stereocenters. The molecule has 156 valence electrons. The van der Waals surface area contributed by atoms with Gasteiger partial charge in [0.25, 0.3) is 0 Å². The minimum atomic E-state index is 0.0397. The fraction of sp³-hybridized carbons (Fsp3) is 0.458. The maximum absolute atomic E-state index is 12.7. The number of hydrogen-bond donors (Lipinski definition) is 1. The van der Waals surface area contributed by atoms with Crippen molar-refractivity contribution in [3.05, 3.63) is 65.7 Å². The number of carbonyl (C=O) groups is 1. The van der Waals surface area contributed by atoms with Crippen LogP contribution in [0.25, 0.3) is 0 Å². The van der Waals surface area contributed by atoms with Crippen LogP contribution in [0.1, 0.15) is 30.0 Å². The van der Waals surface area contributed by atoms with Gasteiger partial charge in [-0.2, -0.15) is 0 Å². The monoisotopic (exact) mass is 395 g/mol. The predicted octanol–water partition coefficient (Wildman–Crippen LogP) is 3.96. The number of piperidine rings is 1. The lowest BCUT2D eigenvalue weighted by Gasteiger charge is -2.33. The standard InChI is InChI=1S/C24H33N3O2/c1-26(2)23(21-10-7-11-22(17-21)29-3)18-25-24(28)27-14-12-20(13-15-27)16-19-8-5-4-6-9-19/h4-11,17,20,23H,12-16,18H2,1-3H3,(H,25,28). The maximum Gasteiger partial charge on any atom is 0.317 e. The molecule has 2 amide bonds. The van der Waals surface area contributed by atoms with Crippen LogP contribution in [-0.2, 0) is 6.42 Å². The number of ether oxygens (including phenoxy) is 1. The minimum absolute atomic E-state index is 0.0397. The lowest BCUT2D eigenvalue weighted by Crippen LogP contribution is -2.46. The third-order valence-electron chi connectivity index (χ3n) is 5.82. The smallest absolute Gasteiger partial charge is 0.317 e. The molecule has 0 aliphatic carbocycles. The second-order valence-electron chi connectivity index (χ2n) is 8.06. The minimum Gasteiger partial charge on any atom is -0.497 e. The number of carbonyl (C=O) groups excluding carboxylic acids is 1. The molecule has 2 aromatic carbocycles. The molecule has 2 aromatic rings. The second-order valence-corrected chi connectivity index (χ2v) is 8.06. The number of likely N-dealkylation sites (N-methyl/N-ethyl adjacent to an activating group) is 1. The average molecular weight is 396 g/mol. The first-order valence-corrected chi connectivity index (χ1v) is 10.4. The Bertz CT molecular complexity index is 771. The molecular weight excluding hydrogens is 362 g/mol. The van der Waals surface area contributed by atoms with E-state index in [1.54, 1.807) is 7.11 Å². The summed E-state index contributed by atoms with van der Waals surface area (Å²) < 4.78 is 5.34. The molecule has 1 fully saturated rings. The summed E-state index contributed by atoms with van der Waals surface area (Å²) in [6.45, 7) is 2.23. The first-order chi connectivity index (χ1) is 14.1. The predicted molar refractivity (Wildman–Crippen MR) is 117 cm³/mol. The summed E-state index contributed by atoms with van der Waals surface area (Å²) in [7, 11) is 5.74. The Hall–Kier alpha value is -2.53. The third kappa shape index (κ3) is 5.97. The van der Waals surface area contributed by atoms with Crippen molar-refractivity contribution in [3.63, 3.8) is 0 Å². The van der Waals surface area contributed by atoms with Crippen LogP contribution in [0.4, 0.5) is 4.79 Å². The van der Waals surface area contributed by atoms with Gasteiger partial charge in [0.15, 0.2) is 0 Å². The summed E-state index contributed by atoms with van der Waals surface area (Å²) in [5.74, 6) is 1.49. The molecule has 0 bridgehead atoms. The fourth-order valence-electron chi connectivity index (χ4n) is 4.03. The van der Waals surface area contributed by atoms with E-state index in [1.807, 2.05) is 37.2 Å². The van der Waals surface area contributed by atoms with Crippen molar-refractivity contribution in [2.24, 2.45) is 5.92 Å². The quantitative estimate of drug-likeness (QED) is 0.772. The molecule has 29 heavy (non-hydrogen) atoms. The Morgan fingerprint density at radius 2 is 1.86 bits per heavy atom. The van der Waals surface area contributed by atoms with Crippen LogP contribution in [0, 0.1) is 5.92 Å². The van der Waals surface area contributed by atoms with Gasteiger partial charge in [0.05, 0.1) is 13.2 Å². The molecule has 1 heterocycles. The van der Waals surface area contributed by atoms with E-state index in [1.165, 1.54) is 5.56 Å². The first-order valence-electron chi connectivity index (χ1n) is 10.4. The highest BCUT2D eigenvalue weighted by atomic mass is 16.5. The fourth-order valence-corrected chi connectivity index (χ4v) is 4.03. The summed E-state index contributed by atoms with van der Waals surface area (Å²) >= 11 is 0. The normalized spacial score (nSPS) is 15.9. The zero-order valence-electron chi connectivity index (χ0n) is 17.8. The summed E-state index contributed by atoms with van der Waals surface area (Å²) in [6.07, 6.45) is 3.24. The lowest BCUT2D eigenvalue weighted by molar-refractivity contribution is 0.166. The molecule has 0 aromatic heterocycles. The van der Waals surface area contributed by atoms with Gasteiger partial charge in [0.2, 0.25) is 0 Å². The molecule has 1 aliphatic rings. The number of hydrogen-bond acceptors (Lipinski definition) is 3. The number of likely N-dealkylation sites (tertiary alicyclic amines) is 1. The molecule has 1 aliphatic heterocycles. The van der Waals surface area contributed by atoms with Crippen molar-refractivity contribution in [1.82, 2.24) is 15.1 Å². The number of rotatable bonds is 7. The van der Waals surface area contributed by atoms with Crippen molar-refractivity contribution < 1.29 is 9.53 Å². The van der Waals surface area contributed by atoms with Gasteiger partial charge in [-0.15, -0.1) is 0 Å². The topological polar surface area (TPSA) is 44.8 Å². The van der Waals surface area contributed by atoms with Crippen LogP contribution in [0.15, 0.2) is 54.6 Å². The zero-order valence-corrected chi connectivity index (χ0v) is 17.8. The van der Waals surface area contributed by atoms with Gasteiger partial charge in [-0.3, -0.25) is 0 Å². The molecule has 1 N–H and O–H groups in total. The van der Waals surface area contributed by atoms with Crippen molar-refractivity contribution in [2.75, 3.05) is 40.8 Å². The van der Waals surface area contributed by atoms with Crippen LogP contribution in [-0.4, -0.2) is 56.7 Å². The molecule has 3 rings (SSSR count). The van der Waals surface area contributed by atoms with E-state index in [4.69, 9.17) is 4.74 Å². The van der Waals surface area contributed by atoms with Crippen LogP contribution >= 0.6 is 0 Å². The van der Waals surface area contributed by atoms with Crippen LogP contribution < -0.4 is 10.1 Å². The number of urea groups is 1. The first kappa shape index (κ1) is 21.2. The summed E-state index contributed by atoms with van der Waals surface area (Å²) in [6, 6.07) is 18.8. The van der Waals surface area contributed by atoms with E-state index >= 15 is 0 Å². The van der Waals surface area contributed by atoms with Gasteiger partial charge in [0.1, 0.15) is 5.75 Å². The Balaban J connectivity index is 1.49. The van der Waals surface area contributed by atoms with E-state index in [0.717, 1.165) is 43.7 Å². The third-order valence-corrected chi connectivity index (χ3v) is 5.82. The van der Waals surface area contributed by atoms with E-state index < -0.39 is 0 Å². The van der Waals surface area contributed by atoms with Crippen molar-refractivity contribution >= 4 is 6.03 Å². The molecule has 0 saturated carbocycles. The van der Waals surface area contributed by atoms with Gasteiger partial charge < -0.3 is 19.9 Å². The SMILES string of the molecule is COc1cccc(C(CNC(=O)N2CCC(Cc3ccccc3)CC2)N(C)C)c1. The van der Waals surface area contributed by atoms with E-state index in [0.29, 0.717) is 12.5 Å². The van der Waals surface area contributed by atoms with E-state index in [-0.39, 0.29) is 12.1 Å². The molecule has 5 heteroatoms. The van der Waals surface area contributed by atoms with E-state index in [9.17, 15) is 4.79 Å². The average Bonchev–Trinajstić information content (AvgIpc) is 2.75. The van der Waals surface area contributed by atoms with Crippen molar-refractivity contribution in [1.29, 1.82) is 0 Å². The second kappa shape index (κ2) is 10.3. The van der Waals surface area contributed by atoms with Crippen molar-refractivity contribution in [2.45, 2.75) is 25.3 Å². The zero-order chi connectivity index (χ0) is 20.6. The highest BCUT2D eigenvalue weighted by Gasteiger charge is 2.24. The highest BCUT2D eigenvalue weighted by molar-refractivity contribution is 5.74. The van der Waals surface area contributed by atoms with Crippen LogP contribution in [0.2, 0.25) is 0 Å². The summed E-state index contributed by atoms with van der Waals surface area (Å²) in [5, 5.41) is 3.14. The van der Waals surface area contributed by atoms with Crippen LogP contribution in [0.5, 0.6) is 5.75 Å². The Morgan fingerprint density at radius 3 is 2.52 bits per heavy atom. The number of methoxy groups -OCH3 is 1. The summed E-state index contributed by atoms with van der Waals surface area (Å²) in [4.78, 5) is 16.8. The Labute approximate surface area is 174 Å². The largest absolute Gasteiger partial charge is 0.497 e. The lowest BCUT2D eigenvalue weighted by atomic mass is 9.90. The van der Waals surface area contributed by atoms with Crippen LogP contribution in [0.3, 0.4) is 0 Å². The number of nitrogens with one attached hydrogen (secondary N) is 1. The van der Waals surface area contributed by atoms with Crippen molar-refractivity contribution in [3.8, 4) is 5.75 Å². The Morgan fingerprint density at radius 1 is 1.14 bits per heavy atom. The van der Waals surface area contributed by atoms with Gasteiger partial charge >= 0.3 is 6.03 Å². The molecule has 5 nitrogen and oxygen atoms in total. The van der Waals surface area contributed by atoms with Gasteiger partial charge in [0, 0.05) is 19.6 Å². The number of nitrogens with zero attached hydrogens (tertiary/aromatic N) is 2. The summed E-state index contributed by atoms with van der Waals surface area (Å²) in [5.41, 5.74) is 2.53. The Kier molecular flexibility index (Phi) is 7.53. The number of amides is 2. The molecule has 1 unspecified atom stereocenters.